The molecule has 0 unspecified atom stereocenters. The van der Waals surface area contributed by atoms with Gasteiger partial charge in [-0.25, -0.2) is 9.59 Å². The van der Waals surface area contributed by atoms with Gasteiger partial charge in [0.15, 0.2) is 11.7 Å². The largest absolute Gasteiger partial charge is 0.458 e. The summed E-state index contributed by atoms with van der Waals surface area (Å²) in [5.41, 5.74) is -7.51. The first-order valence-corrected chi connectivity index (χ1v) is 12.2. The van der Waals surface area contributed by atoms with E-state index in [9.17, 15) is 24.3 Å². The highest BCUT2D eigenvalue weighted by molar-refractivity contribution is 6.01. The van der Waals surface area contributed by atoms with Crippen LogP contribution >= 0.6 is 0 Å². The first-order chi connectivity index (χ1) is 16.5. The maximum atomic E-state index is 13.8. The van der Waals surface area contributed by atoms with Crippen molar-refractivity contribution in [2.75, 3.05) is 0 Å². The summed E-state index contributed by atoms with van der Waals surface area (Å²) in [6.45, 7) is 15.7. The van der Waals surface area contributed by atoms with Crippen molar-refractivity contribution in [3.63, 3.8) is 0 Å². The molecule has 9 nitrogen and oxygen atoms in total. The van der Waals surface area contributed by atoms with Crippen molar-refractivity contribution in [2.24, 2.45) is 16.2 Å². The second-order valence-electron chi connectivity index (χ2n) is 11.6. The molecule has 9 heteroatoms. The highest BCUT2D eigenvalue weighted by Gasteiger charge is 2.87. The molecule has 0 aromatic heterocycles. The average molecular weight is 501 g/mol. The molecule has 5 rings (SSSR count). The van der Waals surface area contributed by atoms with Crippen molar-refractivity contribution in [2.45, 2.75) is 90.3 Å². The number of aliphatic hydroxyl groups is 1. The zero-order valence-corrected chi connectivity index (χ0v) is 21.6. The Morgan fingerprint density at radius 2 is 1.75 bits per heavy atom. The zero-order chi connectivity index (χ0) is 26.9. The van der Waals surface area contributed by atoms with Crippen LogP contribution < -0.4 is 0 Å². The van der Waals surface area contributed by atoms with Gasteiger partial charge >= 0.3 is 23.9 Å². The maximum Gasteiger partial charge on any atom is 0.344 e. The van der Waals surface area contributed by atoms with Crippen LogP contribution in [0.3, 0.4) is 0 Å². The molecule has 1 saturated carbocycles. The lowest BCUT2D eigenvalue weighted by Gasteiger charge is -2.67. The fourth-order valence-electron chi connectivity index (χ4n) is 8.02. The number of esters is 4. The summed E-state index contributed by atoms with van der Waals surface area (Å²) in [5.74, 6) is -2.86. The minimum atomic E-state index is -2.34. The first kappa shape index (κ1) is 24.7. The molecule has 0 amide bonds. The summed E-state index contributed by atoms with van der Waals surface area (Å²) in [5, 5.41) is 12.0. The van der Waals surface area contributed by atoms with Gasteiger partial charge in [-0.3, -0.25) is 9.59 Å². The molecule has 0 aromatic rings. The SMILES string of the molecule is C=C1[C@]23C(=O)O[C@@H](C)[C@]2(O)C(=O)O[C@@]1(C)[C@H](OC(C)=O)C1=C(C)[C@@]2(C=CC(=O)OC2(C)C)CC[C@]13C. The van der Waals surface area contributed by atoms with E-state index < -0.39 is 69.1 Å². The normalized spacial score (nSPS) is 46.6. The summed E-state index contributed by atoms with van der Waals surface area (Å²) in [6.07, 6.45) is 1.55. The third-order valence-corrected chi connectivity index (χ3v) is 9.91. The Labute approximate surface area is 209 Å². The molecule has 2 aliphatic carbocycles. The van der Waals surface area contributed by atoms with Gasteiger partial charge in [0.1, 0.15) is 17.1 Å². The smallest absolute Gasteiger partial charge is 0.344 e. The van der Waals surface area contributed by atoms with Crippen LogP contribution in [0.5, 0.6) is 0 Å². The van der Waals surface area contributed by atoms with E-state index in [0.717, 1.165) is 0 Å². The number of cyclic esters (lactones) is 2. The van der Waals surface area contributed by atoms with Gasteiger partial charge in [0.25, 0.3) is 0 Å². The van der Waals surface area contributed by atoms with Gasteiger partial charge in [-0.15, -0.1) is 0 Å². The lowest BCUT2D eigenvalue weighted by atomic mass is 9.38. The van der Waals surface area contributed by atoms with Crippen LogP contribution in [0.25, 0.3) is 0 Å². The van der Waals surface area contributed by atoms with Crippen molar-refractivity contribution in [1.82, 2.24) is 0 Å². The fraction of sp³-hybridized carbons (Fsp3) is 0.630. The van der Waals surface area contributed by atoms with Crippen LogP contribution in [0.15, 0.2) is 35.5 Å². The second-order valence-corrected chi connectivity index (χ2v) is 11.6. The molecule has 2 bridgehead atoms. The summed E-state index contributed by atoms with van der Waals surface area (Å²) in [6, 6.07) is 0. The number of carbonyl (C=O) groups is 4. The summed E-state index contributed by atoms with van der Waals surface area (Å²) in [7, 11) is 0. The maximum absolute atomic E-state index is 13.8. The third-order valence-electron chi connectivity index (χ3n) is 9.91. The van der Waals surface area contributed by atoms with Gasteiger partial charge in [0, 0.05) is 23.8 Å². The zero-order valence-electron chi connectivity index (χ0n) is 21.6. The Morgan fingerprint density at radius 1 is 1.11 bits per heavy atom. The molecule has 1 N–H and O–H groups in total. The van der Waals surface area contributed by atoms with E-state index in [1.165, 1.54) is 19.9 Å². The molecule has 7 atom stereocenters. The molecule has 3 heterocycles. The molecular weight excluding hydrogens is 468 g/mol. The molecule has 2 saturated heterocycles. The van der Waals surface area contributed by atoms with E-state index >= 15 is 0 Å². The van der Waals surface area contributed by atoms with Gasteiger partial charge in [-0.05, 0) is 58.6 Å². The van der Waals surface area contributed by atoms with Crippen molar-refractivity contribution in [3.8, 4) is 0 Å². The van der Waals surface area contributed by atoms with Crippen molar-refractivity contribution in [1.29, 1.82) is 0 Å². The van der Waals surface area contributed by atoms with Crippen LogP contribution in [0.2, 0.25) is 0 Å². The monoisotopic (exact) mass is 500 g/mol. The standard InChI is InChI=1S/C27H32O9/c1-13-18-19(34-16(4)28)24(8)14(2)26(20(30)33-15(3)27(26,32)21(31)36-24)23(18,7)11-12-25(13)10-9-17(29)35-22(25,5)6/h9-10,15,19,32H,2,11-12H2,1,3-8H3/t15-,19+,23+,24+,25+,26+,27-/m0/s1. The van der Waals surface area contributed by atoms with Crippen molar-refractivity contribution in [3.05, 3.63) is 35.5 Å². The van der Waals surface area contributed by atoms with E-state index in [0.29, 0.717) is 17.6 Å². The molecule has 3 fully saturated rings. The van der Waals surface area contributed by atoms with E-state index in [-0.39, 0.29) is 12.0 Å². The van der Waals surface area contributed by atoms with E-state index in [1.807, 2.05) is 20.8 Å². The Morgan fingerprint density at radius 3 is 2.33 bits per heavy atom. The number of hydrogen-bond acceptors (Lipinski definition) is 9. The highest BCUT2D eigenvalue weighted by atomic mass is 16.6. The van der Waals surface area contributed by atoms with Crippen LogP contribution in [-0.2, 0) is 38.1 Å². The summed E-state index contributed by atoms with van der Waals surface area (Å²) in [4.78, 5) is 51.9. The van der Waals surface area contributed by atoms with Gasteiger partial charge < -0.3 is 24.1 Å². The molecule has 2 spiro atoms. The van der Waals surface area contributed by atoms with Crippen molar-refractivity contribution >= 4 is 23.9 Å². The second kappa shape index (κ2) is 6.68. The minimum Gasteiger partial charge on any atom is -0.458 e. The Balaban J connectivity index is 1.92. The van der Waals surface area contributed by atoms with Crippen LogP contribution in [-0.4, -0.2) is 58.0 Å². The average Bonchev–Trinajstić information content (AvgIpc) is 2.96. The van der Waals surface area contributed by atoms with Gasteiger partial charge in [-0.1, -0.05) is 25.2 Å². The number of carbonyl (C=O) groups excluding carboxylic acids is 4. The molecule has 3 aliphatic heterocycles. The quantitative estimate of drug-likeness (QED) is 0.328. The summed E-state index contributed by atoms with van der Waals surface area (Å²) >= 11 is 0. The van der Waals surface area contributed by atoms with Crippen LogP contribution in [0.1, 0.15) is 61.3 Å². The molecule has 0 radical (unpaired) electrons. The topological polar surface area (TPSA) is 125 Å². The Kier molecular flexibility index (Phi) is 4.59. The number of hydrogen-bond donors (Lipinski definition) is 1. The Bertz CT molecular complexity index is 1230. The lowest BCUT2D eigenvalue weighted by molar-refractivity contribution is -0.244. The third kappa shape index (κ3) is 2.28. The van der Waals surface area contributed by atoms with E-state index in [2.05, 4.69) is 6.58 Å². The fourth-order valence-corrected chi connectivity index (χ4v) is 8.02. The molecule has 0 aromatic carbocycles. The number of ether oxygens (including phenoxy) is 4. The van der Waals surface area contributed by atoms with E-state index in [4.69, 9.17) is 18.9 Å². The van der Waals surface area contributed by atoms with Gasteiger partial charge in [0.2, 0.25) is 5.60 Å². The van der Waals surface area contributed by atoms with Crippen molar-refractivity contribution < 1.29 is 43.2 Å². The van der Waals surface area contributed by atoms with E-state index in [1.54, 1.807) is 19.9 Å². The molecule has 194 valence electrons. The first-order valence-electron chi connectivity index (χ1n) is 12.2. The molecular formula is C27H32O9. The molecule has 5 aliphatic rings. The predicted octanol–water partition coefficient (Wildman–Crippen LogP) is 2.46. The van der Waals surface area contributed by atoms with Gasteiger partial charge in [0.05, 0.1) is 0 Å². The van der Waals surface area contributed by atoms with Gasteiger partial charge in [-0.2, -0.15) is 0 Å². The molecule has 36 heavy (non-hydrogen) atoms. The summed E-state index contributed by atoms with van der Waals surface area (Å²) < 4.78 is 23.0. The number of rotatable bonds is 1. The minimum absolute atomic E-state index is 0.137. The lowest BCUT2D eigenvalue weighted by Crippen LogP contribution is -2.79. The predicted molar refractivity (Wildman–Crippen MR) is 124 cm³/mol. The van der Waals surface area contributed by atoms with Crippen LogP contribution in [0.4, 0.5) is 0 Å². The number of fused-ring (bicyclic) bond motifs is 2. The van der Waals surface area contributed by atoms with Crippen LogP contribution in [0, 0.1) is 16.2 Å². The highest BCUT2D eigenvalue weighted by Crippen LogP contribution is 2.75. The Hall–Kier alpha value is -2.94.